The summed E-state index contributed by atoms with van der Waals surface area (Å²) in [7, 11) is 1.85. The number of guanidine groups is 1. The van der Waals surface area contributed by atoms with Crippen LogP contribution in [-0.4, -0.2) is 50.3 Å². The quantitative estimate of drug-likeness (QED) is 0.477. The van der Waals surface area contributed by atoms with Crippen molar-refractivity contribution in [2.45, 2.75) is 39.2 Å². The molecule has 1 rings (SSSR count). The van der Waals surface area contributed by atoms with Gasteiger partial charge in [-0.15, -0.1) is 24.0 Å². The third kappa shape index (κ3) is 5.90. The van der Waals surface area contributed by atoms with Crippen molar-refractivity contribution in [2.24, 2.45) is 4.99 Å². The zero-order valence-electron chi connectivity index (χ0n) is 11.2. The Balaban J connectivity index is 0.00000256. The topological polar surface area (TPSA) is 36.9 Å². The monoisotopic (exact) mass is 355 g/mol. The van der Waals surface area contributed by atoms with E-state index in [1.54, 1.807) is 0 Å². The molecule has 0 amide bonds. The van der Waals surface area contributed by atoms with Crippen LogP contribution in [0.3, 0.4) is 0 Å². The van der Waals surface area contributed by atoms with E-state index in [-0.39, 0.29) is 24.0 Å². The van der Waals surface area contributed by atoms with Crippen molar-refractivity contribution in [3.63, 3.8) is 0 Å². The van der Waals surface area contributed by atoms with Gasteiger partial charge in [0, 0.05) is 33.3 Å². The highest BCUT2D eigenvalue weighted by atomic mass is 127. The molecule has 17 heavy (non-hydrogen) atoms. The third-order valence-corrected chi connectivity index (χ3v) is 2.89. The first kappa shape index (κ1) is 17.0. The number of nitrogens with one attached hydrogen (secondary N) is 1. The van der Waals surface area contributed by atoms with E-state index in [1.807, 2.05) is 7.05 Å². The predicted molar refractivity (Wildman–Crippen MR) is 83.3 cm³/mol. The number of hydrogen-bond donors (Lipinski definition) is 1. The molecule has 1 aliphatic heterocycles. The minimum absolute atomic E-state index is 0. The number of rotatable bonds is 4. The standard InChI is InChI=1S/C12H25N3O.HI/c1-4-8-14-12(13-3)15-9-6-11(7-10-15)16-5-2;/h11H,4-10H2,1-3H3,(H,13,14);1H. The average molecular weight is 355 g/mol. The van der Waals surface area contributed by atoms with Gasteiger partial charge < -0.3 is 15.0 Å². The molecule has 0 aromatic rings. The maximum Gasteiger partial charge on any atom is 0.193 e. The van der Waals surface area contributed by atoms with Crippen molar-refractivity contribution in [3.05, 3.63) is 0 Å². The molecular formula is C12H26IN3O. The Morgan fingerprint density at radius 1 is 1.35 bits per heavy atom. The highest BCUT2D eigenvalue weighted by molar-refractivity contribution is 14.0. The van der Waals surface area contributed by atoms with Gasteiger partial charge in [0.25, 0.3) is 0 Å². The summed E-state index contributed by atoms with van der Waals surface area (Å²) in [4.78, 5) is 6.64. The molecule has 102 valence electrons. The van der Waals surface area contributed by atoms with Gasteiger partial charge in [-0.25, -0.2) is 0 Å². The molecule has 1 fully saturated rings. The Hall–Kier alpha value is -0.0400. The molecule has 0 bridgehead atoms. The first-order valence-corrected chi connectivity index (χ1v) is 6.39. The summed E-state index contributed by atoms with van der Waals surface area (Å²) in [5.41, 5.74) is 0. The molecule has 0 radical (unpaired) electrons. The van der Waals surface area contributed by atoms with E-state index in [9.17, 15) is 0 Å². The maximum absolute atomic E-state index is 5.64. The van der Waals surface area contributed by atoms with Crippen LogP contribution < -0.4 is 5.32 Å². The summed E-state index contributed by atoms with van der Waals surface area (Å²) in [5, 5.41) is 3.37. The van der Waals surface area contributed by atoms with E-state index in [1.165, 1.54) is 0 Å². The zero-order chi connectivity index (χ0) is 11.8. The van der Waals surface area contributed by atoms with E-state index in [0.717, 1.165) is 51.5 Å². The summed E-state index contributed by atoms with van der Waals surface area (Å²) in [5.74, 6) is 1.04. The van der Waals surface area contributed by atoms with E-state index in [2.05, 4.69) is 29.1 Å². The highest BCUT2D eigenvalue weighted by Gasteiger charge is 2.21. The molecule has 1 saturated heterocycles. The zero-order valence-corrected chi connectivity index (χ0v) is 13.6. The second-order valence-corrected chi connectivity index (χ2v) is 4.12. The van der Waals surface area contributed by atoms with Gasteiger partial charge >= 0.3 is 0 Å². The van der Waals surface area contributed by atoms with Gasteiger partial charge in [0.05, 0.1) is 6.10 Å². The molecule has 0 saturated carbocycles. The molecule has 4 nitrogen and oxygen atoms in total. The SMILES string of the molecule is CCCNC(=NC)N1CCC(OCC)CC1.I. The van der Waals surface area contributed by atoms with Crippen LogP contribution in [0.25, 0.3) is 0 Å². The molecule has 0 spiro atoms. The molecule has 1 heterocycles. The second-order valence-electron chi connectivity index (χ2n) is 4.12. The smallest absolute Gasteiger partial charge is 0.193 e. The number of nitrogens with zero attached hydrogens (tertiary/aromatic N) is 2. The number of hydrogen-bond acceptors (Lipinski definition) is 2. The average Bonchev–Trinajstić information content (AvgIpc) is 2.32. The van der Waals surface area contributed by atoms with Crippen molar-refractivity contribution in [1.29, 1.82) is 0 Å². The van der Waals surface area contributed by atoms with Crippen LogP contribution in [0.5, 0.6) is 0 Å². The van der Waals surface area contributed by atoms with Crippen molar-refractivity contribution < 1.29 is 4.74 Å². The summed E-state index contributed by atoms with van der Waals surface area (Å²) in [6.07, 6.45) is 3.81. The Morgan fingerprint density at radius 2 is 2.00 bits per heavy atom. The van der Waals surface area contributed by atoms with Crippen LogP contribution in [0.15, 0.2) is 4.99 Å². The summed E-state index contributed by atoms with van der Waals surface area (Å²) < 4.78 is 5.64. The lowest BCUT2D eigenvalue weighted by molar-refractivity contribution is 0.0264. The largest absolute Gasteiger partial charge is 0.378 e. The lowest BCUT2D eigenvalue weighted by Crippen LogP contribution is -2.47. The van der Waals surface area contributed by atoms with E-state index >= 15 is 0 Å². The van der Waals surface area contributed by atoms with Crippen LogP contribution >= 0.6 is 24.0 Å². The van der Waals surface area contributed by atoms with Crippen LogP contribution in [0.4, 0.5) is 0 Å². The summed E-state index contributed by atoms with van der Waals surface area (Å²) in [6.45, 7) is 8.16. The lowest BCUT2D eigenvalue weighted by atomic mass is 10.1. The maximum atomic E-state index is 5.64. The predicted octanol–water partition coefficient (Wildman–Crippen LogP) is 2.09. The number of piperidine rings is 1. The van der Waals surface area contributed by atoms with E-state index < -0.39 is 0 Å². The van der Waals surface area contributed by atoms with Gasteiger partial charge in [-0.3, -0.25) is 4.99 Å². The third-order valence-electron chi connectivity index (χ3n) is 2.89. The number of ether oxygens (including phenoxy) is 1. The van der Waals surface area contributed by atoms with Gasteiger partial charge in [0.15, 0.2) is 5.96 Å². The van der Waals surface area contributed by atoms with Gasteiger partial charge in [-0.2, -0.15) is 0 Å². The molecule has 0 aliphatic carbocycles. The van der Waals surface area contributed by atoms with Crippen molar-refractivity contribution >= 4 is 29.9 Å². The lowest BCUT2D eigenvalue weighted by Gasteiger charge is -2.34. The normalized spacial score (nSPS) is 17.8. The highest BCUT2D eigenvalue weighted by Crippen LogP contribution is 2.13. The molecule has 0 atom stereocenters. The first-order valence-electron chi connectivity index (χ1n) is 6.39. The van der Waals surface area contributed by atoms with Gasteiger partial charge in [0.1, 0.15) is 0 Å². The molecule has 0 aromatic heterocycles. The summed E-state index contributed by atoms with van der Waals surface area (Å²) >= 11 is 0. The van der Waals surface area contributed by atoms with Gasteiger partial charge in [0.2, 0.25) is 0 Å². The summed E-state index contributed by atoms with van der Waals surface area (Å²) in [6, 6.07) is 0. The second kappa shape index (κ2) is 9.94. The molecule has 0 unspecified atom stereocenters. The minimum atomic E-state index is 0. The Labute approximate surface area is 122 Å². The first-order chi connectivity index (χ1) is 7.81. The van der Waals surface area contributed by atoms with E-state index in [0.29, 0.717) is 6.10 Å². The van der Waals surface area contributed by atoms with Gasteiger partial charge in [-0.1, -0.05) is 6.92 Å². The van der Waals surface area contributed by atoms with Gasteiger partial charge in [-0.05, 0) is 26.2 Å². The molecule has 0 aromatic carbocycles. The molecular weight excluding hydrogens is 329 g/mol. The molecule has 1 N–H and O–H groups in total. The van der Waals surface area contributed by atoms with Crippen LogP contribution in [-0.2, 0) is 4.74 Å². The van der Waals surface area contributed by atoms with Crippen molar-refractivity contribution in [1.82, 2.24) is 10.2 Å². The van der Waals surface area contributed by atoms with E-state index in [4.69, 9.17) is 4.74 Å². The van der Waals surface area contributed by atoms with Crippen LogP contribution in [0.1, 0.15) is 33.1 Å². The fraction of sp³-hybridized carbons (Fsp3) is 0.917. The number of likely N-dealkylation sites (tertiary alicyclic amines) is 1. The number of aliphatic imine (C=N–C) groups is 1. The van der Waals surface area contributed by atoms with Crippen LogP contribution in [0.2, 0.25) is 0 Å². The van der Waals surface area contributed by atoms with Crippen LogP contribution in [0, 0.1) is 0 Å². The molecule has 5 heteroatoms. The minimum Gasteiger partial charge on any atom is -0.378 e. The molecule has 1 aliphatic rings. The fourth-order valence-electron chi connectivity index (χ4n) is 2.04. The Bertz CT molecular complexity index is 216. The Morgan fingerprint density at radius 3 is 2.47 bits per heavy atom. The van der Waals surface area contributed by atoms with Crippen molar-refractivity contribution in [3.8, 4) is 0 Å². The Kier molecular flexibility index (Phi) is 9.91. The number of halogens is 1. The van der Waals surface area contributed by atoms with Crippen molar-refractivity contribution in [2.75, 3.05) is 33.3 Å². The fourth-order valence-corrected chi connectivity index (χ4v) is 2.04.